The Balaban J connectivity index is 2.00. The zero-order valence-electron chi connectivity index (χ0n) is 20.7. The van der Waals surface area contributed by atoms with Crippen molar-refractivity contribution in [1.82, 2.24) is 10.2 Å². The fourth-order valence-electron chi connectivity index (χ4n) is 6.10. The van der Waals surface area contributed by atoms with E-state index in [2.05, 4.69) is 5.32 Å². The van der Waals surface area contributed by atoms with Crippen molar-refractivity contribution in [3.05, 3.63) is 12.2 Å². The molecule has 2 fully saturated rings. The van der Waals surface area contributed by atoms with Crippen molar-refractivity contribution in [2.24, 2.45) is 29.6 Å². The quantitative estimate of drug-likeness (QED) is 0.406. The maximum Gasteiger partial charge on any atom is 0.310 e. The summed E-state index contributed by atoms with van der Waals surface area (Å²) >= 11 is 0. The van der Waals surface area contributed by atoms with Crippen LogP contribution in [0.15, 0.2) is 12.2 Å². The standard InChI is InChI=1S/C26H42N2O5/c1-5-16(4)20(15-29)28-23(24(30)27-18-11-9-8-10-12-18)19-14-13-17(6-2)21(22(19)25(28)31)26(32)33-7-3/h13-14,16-23,29H,5-12,15H2,1-4H3,(H,27,30)/t16-,17+,19-,20-,21+,22-,23-/m0/s1. The molecule has 7 heteroatoms. The van der Waals surface area contributed by atoms with Gasteiger partial charge in [0.25, 0.3) is 0 Å². The number of allylic oxidation sites excluding steroid dienone is 1. The van der Waals surface area contributed by atoms with E-state index in [9.17, 15) is 19.5 Å². The number of amides is 2. The summed E-state index contributed by atoms with van der Waals surface area (Å²) in [6, 6.07) is -1.07. The summed E-state index contributed by atoms with van der Waals surface area (Å²) in [4.78, 5) is 42.2. The average Bonchev–Trinajstić information content (AvgIpc) is 3.11. The van der Waals surface area contributed by atoms with Crippen molar-refractivity contribution < 1.29 is 24.2 Å². The van der Waals surface area contributed by atoms with Gasteiger partial charge in [0.2, 0.25) is 11.8 Å². The average molecular weight is 463 g/mol. The van der Waals surface area contributed by atoms with Gasteiger partial charge in [0.05, 0.1) is 31.1 Å². The second kappa shape index (κ2) is 11.5. The number of hydrogen-bond acceptors (Lipinski definition) is 5. The van der Waals surface area contributed by atoms with E-state index in [0.29, 0.717) is 6.42 Å². The van der Waals surface area contributed by atoms with Crippen LogP contribution in [0.3, 0.4) is 0 Å². The van der Waals surface area contributed by atoms with Gasteiger partial charge in [-0.2, -0.15) is 0 Å². The predicted molar refractivity (Wildman–Crippen MR) is 126 cm³/mol. The number of esters is 1. The molecule has 1 aliphatic heterocycles. The summed E-state index contributed by atoms with van der Waals surface area (Å²) in [5, 5.41) is 13.5. The third-order valence-electron chi connectivity index (χ3n) is 8.14. The van der Waals surface area contributed by atoms with Crippen LogP contribution in [0.5, 0.6) is 0 Å². The van der Waals surface area contributed by atoms with E-state index in [4.69, 9.17) is 4.74 Å². The van der Waals surface area contributed by atoms with Gasteiger partial charge in [-0.05, 0) is 38.0 Å². The molecule has 0 bridgehead atoms. The van der Waals surface area contributed by atoms with Crippen LogP contribution >= 0.6 is 0 Å². The first-order valence-corrected chi connectivity index (χ1v) is 13.0. The number of hydrogen-bond donors (Lipinski definition) is 2. The van der Waals surface area contributed by atoms with Crippen LogP contribution in [-0.2, 0) is 19.1 Å². The van der Waals surface area contributed by atoms with Gasteiger partial charge in [0, 0.05) is 12.0 Å². The Kier molecular flexibility index (Phi) is 8.96. The highest BCUT2D eigenvalue weighted by molar-refractivity contribution is 5.96. The Bertz CT molecular complexity index is 732. The highest BCUT2D eigenvalue weighted by Crippen LogP contribution is 2.46. The Labute approximate surface area is 198 Å². The lowest BCUT2D eigenvalue weighted by Gasteiger charge is -2.37. The maximum absolute atomic E-state index is 13.9. The Morgan fingerprint density at radius 2 is 1.88 bits per heavy atom. The van der Waals surface area contributed by atoms with Gasteiger partial charge >= 0.3 is 5.97 Å². The van der Waals surface area contributed by atoms with E-state index in [1.54, 1.807) is 11.8 Å². The van der Waals surface area contributed by atoms with E-state index in [1.807, 2.05) is 32.9 Å². The molecule has 0 aromatic rings. The first-order valence-electron chi connectivity index (χ1n) is 13.0. The Morgan fingerprint density at radius 3 is 2.45 bits per heavy atom. The second-order valence-corrected chi connectivity index (χ2v) is 10.0. The van der Waals surface area contributed by atoms with Gasteiger partial charge < -0.3 is 20.1 Å². The molecule has 0 aromatic heterocycles. The van der Waals surface area contributed by atoms with Crippen molar-refractivity contribution in [2.75, 3.05) is 13.2 Å². The molecule has 0 aromatic carbocycles. The highest BCUT2D eigenvalue weighted by Gasteiger charge is 2.59. The monoisotopic (exact) mass is 462 g/mol. The molecule has 2 aliphatic carbocycles. The number of carbonyl (C=O) groups excluding carboxylic acids is 3. The molecular weight excluding hydrogens is 420 g/mol. The van der Waals surface area contributed by atoms with E-state index in [0.717, 1.165) is 32.1 Å². The second-order valence-electron chi connectivity index (χ2n) is 10.0. The minimum Gasteiger partial charge on any atom is -0.466 e. The van der Waals surface area contributed by atoms with Crippen LogP contribution in [0, 0.1) is 29.6 Å². The lowest BCUT2D eigenvalue weighted by Crippen LogP contribution is -2.55. The molecule has 7 nitrogen and oxygen atoms in total. The molecule has 3 aliphatic rings. The molecule has 1 saturated heterocycles. The van der Waals surface area contributed by atoms with Gasteiger partial charge in [-0.3, -0.25) is 14.4 Å². The smallest absolute Gasteiger partial charge is 0.310 e. The van der Waals surface area contributed by atoms with E-state index in [1.165, 1.54) is 6.42 Å². The third-order valence-corrected chi connectivity index (χ3v) is 8.14. The van der Waals surface area contributed by atoms with Crippen LogP contribution < -0.4 is 5.32 Å². The molecular formula is C26H42N2O5. The molecule has 0 unspecified atom stereocenters. The minimum absolute atomic E-state index is 0.0241. The van der Waals surface area contributed by atoms with Crippen LogP contribution in [0.4, 0.5) is 0 Å². The van der Waals surface area contributed by atoms with E-state index in [-0.39, 0.29) is 48.9 Å². The van der Waals surface area contributed by atoms with Gasteiger partial charge in [0.1, 0.15) is 6.04 Å². The van der Waals surface area contributed by atoms with Gasteiger partial charge in [-0.25, -0.2) is 0 Å². The summed E-state index contributed by atoms with van der Waals surface area (Å²) in [6.45, 7) is 7.83. The van der Waals surface area contributed by atoms with Crippen LogP contribution in [0.1, 0.15) is 72.6 Å². The SMILES string of the molecule is CCOC(=O)[C@H]1[C@H]2C(=O)N([C@@H](CO)[C@@H](C)CC)[C@H](C(=O)NC3CCCCC3)[C@H]2C=C[C@H]1CC. The van der Waals surface area contributed by atoms with Crippen molar-refractivity contribution >= 4 is 17.8 Å². The van der Waals surface area contributed by atoms with Crippen molar-refractivity contribution in [3.8, 4) is 0 Å². The zero-order chi connectivity index (χ0) is 24.1. The molecule has 1 heterocycles. The Hall–Kier alpha value is -1.89. The lowest BCUT2D eigenvalue weighted by atomic mass is 9.69. The van der Waals surface area contributed by atoms with Gasteiger partial charge in [0.15, 0.2) is 0 Å². The molecule has 0 spiro atoms. The first kappa shape index (κ1) is 25.7. The normalized spacial score (nSPS) is 31.7. The first-order chi connectivity index (χ1) is 15.9. The summed E-state index contributed by atoms with van der Waals surface area (Å²) in [5.41, 5.74) is 0. The molecule has 33 heavy (non-hydrogen) atoms. The summed E-state index contributed by atoms with van der Waals surface area (Å²) < 4.78 is 5.38. The van der Waals surface area contributed by atoms with Crippen molar-refractivity contribution in [3.63, 3.8) is 0 Å². The number of aliphatic hydroxyl groups is 1. The Morgan fingerprint density at radius 1 is 1.18 bits per heavy atom. The van der Waals surface area contributed by atoms with Crippen LogP contribution in [0.25, 0.3) is 0 Å². The third kappa shape index (κ3) is 5.13. The van der Waals surface area contributed by atoms with Crippen LogP contribution in [0.2, 0.25) is 0 Å². The van der Waals surface area contributed by atoms with Crippen molar-refractivity contribution in [2.45, 2.75) is 90.8 Å². The number of rotatable bonds is 9. The number of nitrogens with zero attached hydrogens (tertiary/aromatic N) is 1. The molecule has 2 amide bonds. The molecule has 3 rings (SSSR count). The topological polar surface area (TPSA) is 95.9 Å². The zero-order valence-corrected chi connectivity index (χ0v) is 20.7. The van der Waals surface area contributed by atoms with Crippen molar-refractivity contribution in [1.29, 1.82) is 0 Å². The molecule has 1 saturated carbocycles. The lowest BCUT2D eigenvalue weighted by molar-refractivity contribution is -0.156. The maximum atomic E-state index is 13.9. The molecule has 186 valence electrons. The predicted octanol–water partition coefficient (Wildman–Crippen LogP) is 3.06. The molecule has 2 N–H and O–H groups in total. The fourth-order valence-corrected chi connectivity index (χ4v) is 6.10. The largest absolute Gasteiger partial charge is 0.466 e. The fraction of sp³-hybridized carbons (Fsp3) is 0.808. The van der Waals surface area contributed by atoms with Gasteiger partial charge in [-0.15, -0.1) is 0 Å². The number of aliphatic hydroxyl groups excluding tert-OH is 1. The minimum atomic E-state index is -0.721. The summed E-state index contributed by atoms with van der Waals surface area (Å²) in [7, 11) is 0. The summed E-state index contributed by atoms with van der Waals surface area (Å²) in [5.74, 6) is -2.46. The molecule has 0 radical (unpaired) electrons. The van der Waals surface area contributed by atoms with E-state index >= 15 is 0 Å². The van der Waals surface area contributed by atoms with Gasteiger partial charge in [-0.1, -0.05) is 58.6 Å². The number of carbonyl (C=O) groups is 3. The number of ether oxygens (including phenoxy) is 1. The van der Waals surface area contributed by atoms with E-state index < -0.39 is 29.8 Å². The number of nitrogens with one attached hydrogen (secondary N) is 1. The number of fused-ring (bicyclic) bond motifs is 1. The molecule has 7 atom stereocenters. The van der Waals surface area contributed by atoms with Crippen LogP contribution in [-0.4, -0.2) is 59.1 Å². The number of likely N-dealkylation sites (tertiary alicyclic amines) is 1. The highest BCUT2D eigenvalue weighted by atomic mass is 16.5. The summed E-state index contributed by atoms with van der Waals surface area (Å²) in [6.07, 6.45) is 10.7.